The third kappa shape index (κ3) is 2.31. The third-order valence-corrected chi connectivity index (χ3v) is 4.45. The molecule has 1 aromatic carbocycles. The van der Waals surface area contributed by atoms with Crippen LogP contribution in [0.1, 0.15) is 36.0 Å². The molecule has 1 aliphatic rings. The fourth-order valence-electron chi connectivity index (χ4n) is 3.09. The van der Waals surface area contributed by atoms with Gasteiger partial charge >= 0.3 is 0 Å². The Labute approximate surface area is 118 Å². The second-order valence-electron chi connectivity index (χ2n) is 5.74. The van der Waals surface area contributed by atoms with E-state index in [1.807, 2.05) is 24.3 Å². The molecule has 1 aliphatic carbocycles. The highest BCUT2D eigenvalue weighted by molar-refractivity contribution is 6.05. The molecule has 1 fully saturated rings. The summed E-state index contributed by atoms with van der Waals surface area (Å²) >= 11 is 0. The number of rotatable bonds is 4. The Bertz CT molecular complexity index is 612. The number of para-hydroxylation sites is 1. The smallest absolute Gasteiger partial charge is 0.255 e. The Hall–Kier alpha value is -1.81. The van der Waals surface area contributed by atoms with Crippen molar-refractivity contribution in [2.75, 3.05) is 13.1 Å². The highest BCUT2D eigenvalue weighted by Gasteiger charge is 2.32. The highest BCUT2D eigenvalue weighted by atomic mass is 16.3. The van der Waals surface area contributed by atoms with Crippen LogP contribution in [0.2, 0.25) is 0 Å². The van der Waals surface area contributed by atoms with Crippen LogP contribution in [0.15, 0.2) is 34.9 Å². The van der Waals surface area contributed by atoms with Crippen LogP contribution in [0.3, 0.4) is 0 Å². The summed E-state index contributed by atoms with van der Waals surface area (Å²) in [6.07, 6.45) is 6.17. The van der Waals surface area contributed by atoms with E-state index in [1.165, 1.54) is 19.1 Å². The first-order chi connectivity index (χ1) is 9.74. The number of nitrogens with two attached hydrogens (primary N) is 1. The number of carbonyl (C=O) groups excluding carboxylic acids is 1. The normalized spacial score (nSPS) is 17.4. The molecule has 1 heterocycles. The molecular formula is C16H20N2O2. The number of carbonyl (C=O) groups is 1. The van der Waals surface area contributed by atoms with Crippen molar-refractivity contribution < 1.29 is 9.21 Å². The number of fused-ring (bicyclic) bond motifs is 1. The van der Waals surface area contributed by atoms with Crippen LogP contribution in [-0.4, -0.2) is 19.0 Å². The molecule has 0 saturated heterocycles. The van der Waals surface area contributed by atoms with E-state index in [0.717, 1.165) is 23.8 Å². The van der Waals surface area contributed by atoms with Gasteiger partial charge in [0.25, 0.3) is 5.91 Å². The van der Waals surface area contributed by atoms with Gasteiger partial charge in [-0.15, -0.1) is 0 Å². The van der Waals surface area contributed by atoms with Crippen molar-refractivity contribution in [2.24, 2.45) is 11.1 Å². The molecule has 3 N–H and O–H groups in total. The summed E-state index contributed by atoms with van der Waals surface area (Å²) in [5.41, 5.74) is 7.33. The van der Waals surface area contributed by atoms with Crippen molar-refractivity contribution in [3.63, 3.8) is 0 Å². The third-order valence-electron chi connectivity index (χ3n) is 4.45. The zero-order chi connectivity index (χ0) is 14.0. The van der Waals surface area contributed by atoms with Gasteiger partial charge in [-0.25, -0.2) is 0 Å². The van der Waals surface area contributed by atoms with Crippen LogP contribution < -0.4 is 11.1 Å². The average Bonchev–Trinajstić information content (AvgIpc) is 3.12. The number of hydrogen-bond donors (Lipinski definition) is 2. The monoisotopic (exact) mass is 272 g/mol. The molecule has 3 rings (SSSR count). The lowest BCUT2D eigenvalue weighted by Gasteiger charge is -2.27. The molecule has 106 valence electrons. The summed E-state index contributed by atoms with van der Waals surface area (Å²) < 4.78 is 5.41. The van der Waals surface area contributed by atoms with E-state index in [4.69, 9.17) is 10.2 Å². The van der Waals surface area contributed by atoms with E-state index >= 15 is 0 Å². The minimum Gasteiger partial charge on any atom is -0.463 e. The zero-order valence-electron chi connectivity index (χ0n) is 11.5. The first-order valence-electron chi connectivity index (χ1n) is 7.19. The fraction of sp³-hybridized carbons (Fsp3) is 0.438. The molecule has 0 radical (unpaired) electrons. The number of hydrogen-bond acceptors (Lipinski definition) is 3. The predicted octanol–water partition coefficient (Wildman–Crippen LogP) is 2.68. The lowest BCUT2D eigenvalue weighted by atomic mass is 9.86. The minimum atomic E-state index is -0.0744. The Morgan fingerprint density at radius 3 is 2.80 bits per heavy atom. The number of amides is 1. The maximum absolute atomic E-state index is 12.3. The van der Waals surface area contributed by atoms with E-state index in [0.29, 0.717) is 18.7 Å². The Kier molecular flexibility index (Phi) is 3.49. The maximum atomic E-state index is 12.3. The topological polar surface area (TPSA) is 68.3 Å². The standard InChI is InChI=1S/C16H20N2O2/c17-10-16(7-3-4-8-16)11-18-15(19)13-9-20-14-6-2-1-5-12(13)14/h1-2,5-6,9H,3-4,7-8,10-11,17H2,(H,18,19). The van der Waals surface area contributed by atoms with Crippen LogP contribution in [0, 0.1) is 5.41 Å². The summed E-state index contributed by atoms with van der Waals surface area (Å²) in [5, 5.41) is 3.89. The summed E-state index contributed by atoms with van der Waals surface area (Å²) in [6.45, 7) is 1.29. The Morgan fingerprint density at radius 2 is 2.05 bits per heavy atom. The van der Waals surface area contributed by atoms with E-state index in [2.05, 4.69) is 5.32 Å². The Morgan fingerprint density at radius 1 is 1.30 bits per heavy atom. The molecule has 0 spiro atoms. The van der Waals surface area contributed by atoms with Crippen LogP contribution in [0.25, 0.3) is 11.0 Å². The van der Waals surface area contributed by atoms with Gasteiger partial charge in [0.15, 0.2) is 0 Å². The lowest BCUT2D eigenvalue weighted by molar-refractivity contribution is 0.0933. The molecule has 0 aliphatic heterocycles. The molecular weight excluding hydrogens is 252 g/mol. The van der Waals surface area contributed by atoms with Crippen molar-refractivity contribution in [3.8, 4) is 0 Å². The first-order valence-corrected chi connectivity index (χ1v) is 7.19. The van der Waals surface area contributed by atoms with Crippen LogP contribution >= 0.6 is 0 Å². The van der Waals surface area contributed by atoms with Crippen LogP contribution in [0.4, 0.5) is 0 Å². The molecule has 0 bridgehead atoms. The molecule has 2 aromatic rings. The van der Waals surface area contributed by atoms with E-state index in [-0.39, 0.29) is 11.3 Å². The van der Waals surface area contributed by atoms with Crippen LogP contribution in [0.5, 0.6) is 0 Å². The molecule has 1 amide bonds. The van der Waals surface area contributed by atoms with Gasteiger partial charge in [-0.1, -0.05) is 31.0 Å². The van der Waals surface area contributed by atoms with Crippen molar-refractivity contribution in [1.29, 1.82) is 0 Å². The summed E-state index contributed by atoms with van der Waals surface area (Å²) in [7, 11) is 0. The fourth-order valence-corrected chi connectivity index (χ4v) is 3.09. The van der Waals surface area contributed by atoms with E-state index < -0.39 is 0 Å². The van der Waals surface area contributed by atoms with Gasteiger partial charge in [0.05, 0.1) is 5.56 Å². The molecule has 1 aromatic heterocycles. The number of benzene rings is 1. The largest absolute Gasteiger partial charge is 0.463 e. The SMILES string of the molecule is NCC1(CNC(=O)c2coc3ccccc23)CCCC1. The van der Waals surface area contributed by atoms with Gasteiger partial charge in [-0.05, 0) is 30.9 Å². The Balaban J connectivity index is 1.73. The van der Waals surface area contributed by atoms with Crippen molar-refractivity contribution in [2.45, 2.75) is 25.7 Å². The van der Waals surface area contributed by atoms with Crippen molar-refractivity contribution >= 4 is 16.9 Å². The second-order valence-corrected chi connectivity index (χ2v) is 5.74. The molecule has 0 atom stereocenters. The predicted molar refractivity (Wildman–Crippen MR) is 78.5 cm³/mol. The molecule has 4 nitrogen and oxygen atoms in total. The van der Waals surface area contributed by atoms with Gasteiger partial charge in [-0.2, -0.15) is 0 Å². The summed E-state index contributed by atoms with van der Waals surface area (Å²) in [5.74, 6) is -0.0744. The average molecular weight is 272 g/mol. The lowest BCUT2D eigenvalue weighted by Crippen LogP contribution is -2.40. The number of nitrogens with one attached hydrogen (secondary N) is 1. The van der Waals surface area contributed by atoms with Gasteiger partial charge in [0, 0.05) is 11.9 Å². The van der Waals surface area contributed by atoms with Gasteiger partial charge in [0.2, 0.25) is 0 Å². The van der Waals surface area contributed by atoms with Gasteiger partial charge in [-0.3, -0.25) is 4.79 Å². The first kappa shape index (κ1) is 13.2. The minimum absolute atomic E-state index is 0.0744. The van der Waals surface area contributed by atoms with Crippen molar-refractivity contribution in [1.82, 2.24) is 5.32 Å². The van der Waals surface area contributed by atoms with E-state index in [1.54, 1.807) is 0 Å². The van der Waals surface area contributed by atoms with Crippen LogP contribution in [-0.2, 0) is 0 Å². The zero-order valence-corrected chi connectivity index (χ0v) is 11.5. The summed E-state index contributed by atoms with van der Waals surface area (Å²) in [4.78, 5) is 12.3. The summed E-state index contributed by atoms with van der Waals surface area (Å²) in [6, 6.07) is 7.58. The highest BCUT2D eigenvalue weighted by Crippen LogP contribution is 2.36. The molecule has 4 heteroatoms. The molecule has 1 saturated carbocycles. The van der Waals surface area contributed by atoms with Crippen molar-refractivity contribution in [3.05, 3.63) is 36.1 Å². The quantitative estimate of drug-likeness (QED) is 0.899. The molecule has 20 heavy (non-hydrogen) atoms. The second kappa shape index (κ2) is 5.29. The molecule has 0 unspecified atom stereocenters. The number of furan rings is 1. The van der Waals surface area contributed by atoms with Gasteiger partial charge in [0.1, 0.15) is 11.8 Å². The maximum Gasteiger partial charge on any atom is 0.255 e. The van der Waals surface area contributed by atoms with Gasteiger partial charge < -0.3 is 15.5 Å². The van der Waals surface area contributed by atoms with E-state index in [9.17, 15) is 4.79 Å².